The number of aromatic nitrogens is 2. The molecule has 0 atom stereocenters. The van der Waals surface area contributed by atoms with Crippen LogP contribution in [0.15, 0.2) is 24.3 Å². The monoisotopic (exact) mass is 497 g/mol. The zero-order valence-electron chi connectivity index (χ0n) is 20.6. The van der Waals surface area contributed by atoms with Gasteiger partial charge in [0.15, 0.2) is 15.5 Å². The third-order valence-electron chi connectivity index (χ3n) is 7.45. The maximum absolute atomic E-state index is 13.4. The average molecular weight is 498 g/mol. The molecule has 1 aromatic heterocycles. The molecule has 9 nitrogen and oxygen atoms in total. The number of carbonyl (C=O) groups excluding carboxylic acids is 2. The van der Waals surface area contributed by atoms with Crippen LogP contribution in [0.5, 0.6) is 0 Å². The standard InChI is InChI=1S/C25H31N5O4S/c1-5-24(2,3)35(33,34)25(11-12-25)16-30-13-10-19-20(28-29(4)21(19)23(30)32)22(31)27-15-18-8-6-17(14-26)7-9-18/h6-9H,5,10-13,15-16H2,1-4H3,(H,27,31). The van der Waals surface area contributed by atoms with Gasteiger partial charge in [-0.1, -0.05) is 19.1 Å². The molecule has 0 saturated heterocycles. The predicted molar refractivity (Wildman–Crippen MR) is 130 cm³/mol. The van der Waals surface area contributed by atoms with E-state index < -0.39 is 19.3 Å². The Labute approximate surface area is 206 Å². The molecule has 4 rings (SSSR count). The van der Waals surface area contributed by atoms with Crippen molar-refractivity contribution in [2.75, 3.05) is 13.1 Å². The van der Waals surface area contributed by atoms with Crippen LogP contribution in [0, 0.1) is 11.3 Å². The summed E-state index contributed by atoms with van der Waals surface area (Å²) in [5.74, 6) is -0.665. The van der Waals surface area contributed by atoms with Gasteiger partial charge in [-0.3, -0.25) is 14.3 Å². The van der Waals surface area contributed by atoms with E-state index >= 15 is 0 Å². The highest BCUT2D eigenvalue weighted by molar-refractivity contribution is 7.94. The molecule has 0 radical (unpaired) electrons. The molecule has 1 N–H and O–H groups in total. The van der Waals surface area contributed by atoms with E-state index in [-0.39, 0.29) is 30.6 Å². The van der Waals surface area contributed by atoms with Crippen molar-refractivity contribution in [3.63, 3.8) is 0 Å². The van der Waals surface area contributed by atoms with Crippen LogP contribution >= 0.6 is 0 Å². The lowest BCUT2D eigenvalue weighted by Crippen LogP contribution is -2.50. The zero-order valence-corrected chi connectivity index (χ0v) is 21.4. The second-order valence-electron chi connectivity index (χ2n) is 10.1. The Morgan fingerprint density at radius 2 is 1.91 bits per heavy atom. The largest absolute Gasteiger partial charge is 0.347 e. The fourth-order valence-electron chi connectivity index (χ4n) is 4.64. The maximum Gasteiger partial charge on any atom is 0.272 e. The summed E-state index contributed by atoms with van der Waals surface area (Å²) >= 11 is 0. The minimum Gasteiger partial charge on any atom is -0.347 e. The van der Waals surface area contributed by atoms with E-state index in [2.05, 4.69) is 16.5 Å². The molecule has 0 bridgehead atoms. The Hall–Kier alpha value is -3.19. The summed E-state index contributed by atoms with van der Waals surface area (Å²) in [4.78, 5) is 27.9. The number of nitrogens with zero attached hydrogens (tertiary/aromatic N) is 4. The minimum absolute atomic E-state index is 0.169. The normalized spacial score (nSPS) is 17.0. The summed E-state index contributed by atoms with van der Waals surface area (Å²) in [7, 11) is -1.81. The second kappa shape index (κ2) is 8.79. The fourth-order valence-corrected chi connectivity index (χ4v) is 7.16. The first-order valence-electron chi connectivity index (χ1n) is 11.8. The lowest BCUT2D eigenvalue weighted by molar-refractivity contribution is 0.0724. The summed E-state index contributed by atoms with van der Waals surface area (Å²) in [6.45, 7) is 6.16. The van der Waals surface area contributed by atoms with Crippen molar-refractivity contribution in [3.8, 4) is 6.07 Å². The topological polar surface area (TPSA) is 125 Å². The summed E-state index contributed by atoms with van der Waals surface area (Å²) < 4.78 is 26.4. The number of nitriles is 1. The maximum atomic E-state index is 13.4. The van der Waals surface area contributed by atoms with Gasteiger partial charge in [-0.05, 0) is 57.2 Å². The highest BCUT2D eigenvalue weighted by atomic mass is 32.2. The molecular weight excluding hydrogens is 466 g/mol. The Kier molecular flexibility index (Phi) is 6.26. The summed E-state index contributed by atoms with van der Waals surface area (Å²) in [5, 5.41) is 16.1. The SMILES string of the molecule is CCC(C)(C)S(=O)(=O)C1(CN2CCc3c(C(=O)NCc4ccc(C#N)cc4)nn(C)c3C2=O)CC1. The highest BCUT2D eigenvalue weighted by Gasteiger charge is 2.60. The van der Waals surface area contributed by atoms with Crippen molar-refractivity contribution in [1.82, 2.24) is 20.0 Å². The second-order valence-corrected chi connectivity index (χ2v) is 13.0. The van der Waals surface area contributed by atoms with Crippen molar-refractivity contribution >= 4 is 21.7 Å². The van der Waals surface area contributed by atoms with Gasteiger partial charge in [0.05, 0.1) is 21.1 Å². The molecule has 10 heteroatoms. The molecule has 2 aliphatic rings. The van der Waals surface area contributed by atoms with Crippen molar-refractivity contribution in [3.05, 3.63) is 52.3 Å². The number of amides is 2. The van der Waals surface area contributed by atoms with E-state index in [4.69, 9.17) is 5.26 Å². The molecule has 1 fully saturated rings. The molecule has 0 unspecified atom stereocenters. The summed E-state index contributed by atoms with van der Waals surface area (Å²) in [5.41, 5.74) is 2.52. The molecule has 2 heterocycles. The molecule has 0 spiro atoms. The van der Waals surface area contributed by atoms with Crippen molar-refractivity contribution < 1.29 is 18.0 Å². The first-order chi connectivity index (χ1) is 16.5. The molecular formula is C25H31N5O4S. The number of sulfone groups is 1. The van der Waals surface area contributed by atoms with Gasteiger partial charge < -0.3 is 10.2 Å². The Morgan fingerprint density at radius 3 is 2.49 bits per heavy atom. The van der Waals surface area contributed by atoms with E-state index in [1.54, 1.807) is 50.1 Å². The molecule has 1 aliphatic carbocycles. The van der Waals surface area contributed by atoms with Crippen LogP contribution in [-0.2, 0) is 29.9 Å². The van der Waals surface area contributed by atoms with Crippen LogP contribution in [-0.4, -0.2) is 57.5 Å². The highest BCUT2D eigenvalue weighted by Crippen LogP contribution is 2.50. The lowest BCUT2D eigenvalue weighted by Gasteiger charge is -2.35. The lowest BCUT2D eigenvalue weighted by atomic mass is 10.0. The predicted octanol–water partition coefficient (Wildman–Crippen LogP) is 2.36. The van der Waals surface area contributed by atoms with Gasteiger partial charge in [0.25, 0.3) is 11.8 Å². The number of carbonyl (C=O) groups is 2. The first kappa shape index (κ1) is 24.9. The molecule has 186 valence electrons. The Balaban J connectivity index is 1.50. The van der Waals surface area contributed by atoms with E-state index in [1.165, 1.54) is 4.68 Å². The van der Waals surface area contributed by atoms with E-state index in [0.29, 0.717) is 49.0 Å². The van der Waals surface area contributed by atoms with Crippen LogP contribution in [0.3, 0.4) is 0 Å². The summed E-state index contributed by atoms with van der Waals surface area (Å²) in [6.07, 6.45) is 2.06. The number of nitrogens with one attached hydrogen (secondary N) is 1. The van der Waals surface area contributed by atoms with E-state index in [9.17, 15) is 18.0 Å². The first-order valence-corrected chi connectivity index (χ1v) is 13.3. The third-order valence-corrected chi connectivity index (χ3v) is 10.9. The number of rotatable bonds is 8. The van der Waals surface area contributed by atoms with Gasteiger partial charge in [0.2, 0.25) is 0 Å². The molecule has 2 aromatic rings. The van der Waals surface area contributed by atoms with Crippen molar-refractivity contribution in [2.45, 2.75) is 62.5 Å². The van der Waals surface area contributed by atoms with Crippen LogP contribution in [0.1, 0.15) is 77.7 Å². The fraction of sp³-hybridized carbons (Fsp3) is 0.520. The Morgan fingerprint density at radius 1 is 1.26 bits per heavy atom. The number of benzene rings is 1. The third kappa shape index (κ3) is 4.22. The van der Waals surface area contributed by atoms with Gasteiger partial charge in [-0.2, -0.15) is 10.4 Å². The molecule has 1 aromatic carbocycles. The van der Waals surface area contributed by atoms with Gasteiger partial charge in [-0.25, -0.2) is 8.42 Å². The average Bonchev–Trinajstić information content (AvgIpc) is 3.56. The zero-order chi connectivity index (χ0) is 25.6. The van der Waals surface area contributed by atoms with Gasteiger partial charge in [-0.15, -0.1) is 0 Å². The molecule has 35 heavy (non-hydrogen) atoms. The van der Waals surface area contributed by atoms with E-state index in [1.807, 2.05) is 6.92 Å². The van der Waals surface area contributed by atoms with Gasteiger partial charge in [0, 0.05) is 32.2 Å². The molecule has 1 saturated carbocycles. The quantitative estimate of drug-likeness (QED) is 0.597. The van der Waals surface area contributed by atoms with Crippen LogP contribution in [0.2, 0.25) is 0 Å². The number of hydrogen-bond donors (Lipinski definition) is 1. The number of aryl methyl sites for hydroxylation is 1. The van der Waals surface area contributed by atoms with Gasteiger partial charge in [0.1, 0.15) is 5.69 Å². The van der Waals surface area contributed by atoms with Crippen LogP contribution in [0.4, 0.5) is 0 Å². The van der Waals surface area contributed by atoms with Crippen molar-refractivity contribution in [1.29, 1.82) is 5.26 Å². The number of fused-ring (bicyclic) bond motifs is 1. The molecule has 1 aliphatic heterocycles. The smallest absolute Gasteiger partial charge is 0.272 e. The Bertz CT molecular complexity index is 1310. The van der Waals surface area contributed by atoms with Crippen LogP contribution in [0.25, 0.3) is 0 Å². The van der Waals surface area contributed by atoms with Gasteiger partial charge >= 0.3 is 0 Å². The minimum atomic E-state index is -3.43. The van der Waals surface area contributed by atoms with Crippen LogP contribution < -0.4 is 5.32 Å². The number of hydrogen-bond acceptors (Lipinski definition) is 6. The van der Waals surface area contributed by atoms with Crippen molar-refractivity contribution in [2.24, 2.45) is 7.05 Å². The van der Waals surface area contributed by atoms with E-state index in [0.717, 1.165) is 5.56 Å². The summed E-state index contributed by atoms with van der Waals surface area (Å²) in [6, 6.07) is 8.98. The molecule has 2 amide bonds.